The third-order valence-electron chi connectivity index (χ3n) is 2.66. The van der Waals surface area contributed by atoms with Crippen LogP contribution in [0.1, 0.15) is 12.5 Å². The number of aromatic nitrogens is 2. The second-order valence-corrected chi connectivity index (χ2v) is 6.78. The number of aryl methyl sites for hydroxylation is 1. The summed E-state index contributed by atoms with van der Waals surface area (Å²) < 4.78 is 6.39. The topological polar surface area (TPSA) is 64.1 Å². The highest BCUT2D eigenvalue weighted by atomic mass is 32.2. The van der Waals surface area contributed by atoms with E-state index in [0.717, 1.165) is 15.7 Å². The lowest BCUT2D eigenvalue weighted by Gasteiger charge is -2.13. The van der Waals surface area contributed by atoms with Crippen LogP contribution in [0.15, 0.2) is 41.3 Å². The zero-order chi connectivity index (χ0) is 15.9. The van der Waals surface area contributed by atoms with Gasteiger partial charge in [-0.05, 0) is 26.0 Å². The second kappa shape index (κ2) is 7.95. The van der Waals surface area contributed by atoms with E-state index in [-0.39, 0.29) is 5.91 Å². The number of amides is 1. The van der Waals surface area contributed by atoms with E-state index < -0.39 is 6.10 Å². The van der Waals surface area contributed by atoms with Crippen LogP contribution in [0.3, 0.4) is 0 Å². The number of carbonyl (C=O) groups excluding carboxylic acids is 1. The minimum atomic E-state index is -0.615. The van der Waals surface area contributed by atoms with Crippen molar-refractivity contribution in [3.05, 3.63) is 42.5 Å². The fourth-order valence-electron chi connectivity index (χ4n) is 1.53. The van der Waals surface area contributed by atoms with Gasteiger partial charge >= 0.3 is 0 Å². The Balaban J connectivity index is 1.89. The summed E-state index contributed by atoms with van der Waals surface area (Å²) >= 11 is 2.86. The van der Waals surface area contributed by atoms with Gasteiger partial charge in [-0.3, -0.25) is 10.1 Å². The highest BCUT2D eigenvalue weighted by Crippen LogP contribution is 2.25. The van der Waals surface area contributed by atoms with Crippen LogP contribution in [0.25, 0.3) is 0 Å². The zero-order valence-corrected chi connectivity index (χ0v) is 14.0. The van der Waals surface area contributed by atoms with E-state index in [0.29, 0.717) is 10.9 Å². The number of ether oxygens (including phenoxy) is 1. The molecule has 22 heavy (non-hydrogen) atoms. The molecule has 0 aliphatic carbocycles. The summed E-state index contributed by atoms with van der Waals surface area (Å²) in [6, 6.07) is 7.56. The van der Waals surface area contributed by atoms with Crippen LogP contribution in [-0.2, 0) is 4.79 Å². The number of benzene rings is 1. The second-order valence-electron chi connectivity index (χ2n) is 4.54. The van der Waals surface area contributed by atoms with E-state index in [4.69, 9.17) is 4.74 Å². The standard InChI is InChI=1S/C15H17N3O2S2/c1-4-9-21-15-18-17-14(22-15)16-13(19)11(3)20-12-7-5-10(2)6-8-12/h4-8,11H,1,9H2,2-3H3,(H,16,17,19)/t11-/m1/s1. The molecule has 7 heteroatoms. The first kappa shape index (κ1) is 16.5. The fourth-order valence-corrected chi connectivity index (χ4v) is 3.05. The van der Waals surface area contributed by atoms with Gasteiger partial charge in [0.15, 0.2) is 10.4 Å². The molecule has 1 amide bonds. The molecule has 0 bridgehead atoms. The van der Waals surface area contributed by atoms with Gasteiger partial charge in [0.05, 0.1) is 0 Å². The molecule has 2 aromatic rings. The van der Waals surface area contributed by atoms with Crippen molar-refractivity contribution in [2.45, 2.75) is 24.3 Å². The van der Waals surface area contributed by atoms with E-state index in [9.17, 15) is 4.79 Å². The minimum Gasteiger partial charge on any atom is -0.481 e. The first-order chi connectivity index (χ1) is 10.6. The van der Waals surface area contributed by atoms with Gasteiger partial charge in [0.1, 0.15) is 5.75 Å². The number of carbonyl (C=O) groups is 1. The molecule has 0 spiro atoms. The number of hydrogen-bond acceptors (Lipinski definition) is 6. The Hall–Kier alpha value is -1.86. The molecular weight excluding hydrogens is 318 g/mol. The summed E-state index contributed by atoms with van der Waals surface area (Å²) in [4.78, 5) is 12.1. The summed E-state index contributed by atoms with van der Waals surface area (Å²) in [5.41, 5.74) is 1.14. The SMILES string of the molecule is C=CCSc1nnc(NC(=O)[C@@H](C)Oc2ccc(C)cc2)s1. The molecule has 1 heterocycles. The Morgan fingerprint density at radius 1 is 1.45 bits per heavy atom. The van der Waals surface area contributed by atoms with E-state index >= 15 is 0 Å². The average molecular weight is 335 g/mol. The van der Waals surface area contributed by atoms with Crippen molar-refractivity contribution in [2.24, 2.45) is 0 Å². The molecule has 0 saturated carbocycles. The predicted molar refractivity (Wildman–Crippen MR) is 90.7 cm³/mol. The van der Waals surface area contributed by atoms with Gasteiger partial charge in [0, 0.05) is 5.75 Å². The first-order valence-corrected chi connectivity index (χ1v) is 8.50. The Morgan fingerprint density at radius 3 is 2.86 bits per heavy atom. The van der Waals surface area contributed by atoms with E-state index in [1.165, 1.54) is 23.1 Å². The number of nitrogens with zero attached hydrogens (tertiary/aromatic N) is 2. The summed E-state index contributed by atoms with van der Waals surface area (Å²) in [5, 5.41) is 11.1. The third kappa shape index (κ3) is 4.85. The third-order valence-corrected chi connectivity index (χ3v) is 4.63. The van der Waals surface area contributed by atoms with Gasteiger partial charge in [0.25, 0.3) is 5.91 Å². The zero-order valence-electron chi connectivity index (χ0n) is 12.4. The van der Waals surface area contributed by atoms with Crippen LogP contribution in [0.5, 0.6) is 5.75 Å². The fraction of sp³-hybridized carbons (Fsp3) is 0.267. The Bertz CT molecular complexity index is 640. The van der Waals surface area contributed by atoms with Gasteiger partial charge in [-0.1, -0.05) is 46.9 Å². The monoisotopic (exact) mass is 335 g/mol. The molecule has 1 aromatic heterocycles. The molecule has 0 radical (unpaired) electrons. The van der Waals surface area contributed by atoms with E-state index in [1.54, 1.807) is 13.0 Å². The summed E-state index contributed by atoms with van der Waals surface area (Å²) in [5.74, 6) is 1.17. The van der Waals surface area contributed by atoms with Gasteiger partial charge in [-0.2, -0.15) is 0 Å². The van der Waals surface area contributed by atoms with Crippen LogP contribution >= 0.6 is 23.1 Å². The summed E-state index contributed by atoms with van der Waals surface area (Å²) in [6.45, 7) is 7.34. The van der Waals surface area contributed by atoms with Crippen LogP contribution in [0.2, 0.25) is 0 Å². The normalized spacial score (nSPS) is 11.7. The van der Waals surface area contributed by atoms with Gasteiger partial charge in [-0.15, -0.1) is 16.8 Å². The average Bonchev–Trinajstić information content (AvgIpc) is 2.95. The predicted octanol–water partition coefficient (Wildman–Crippen LogP) is 3.53. The van der Waals surface area contributed by atoms with Crippen molar-refractivity contribution in [3.63, 3.8) is 0 Å². The molecule has 0 aliphatic heterocycles. The molecule has 1 atom stereocenters. The Labute approximate surface area is 137 Å². The van der Waals surface area contributed by atoms with Crippen molar-refractivity contribution in [2.75, 3.05) is 11.1 Å². The van der Waals surface area contributed by atoms with Gasteiger partial charge < -0.3 is 4.74 Å². The van der Waals surface area contributed by atoms with Crippen LogP contribution < -0.4 is 10.1 Å². The van der Waals surface area contributed by atoms with E-state index in [2.05, 4.69) is 22.1 Å². The molecular formula is C15H17N3O2S2. The molecule has 0 aliphatic rings. The maximum Gasteiger partial charge on any atom is 0.266 e. The van der Waals surface area contributed by atoms with Crippen LogP contribution in [0, 0.1) is 6.92 Å². The molecule has 1 aromatic carbocycles. The van der Waals surface area contributed by atoms with E-state index in [1.807, 2.05) is 31.2 Å². The maximum absolute atomic E-state index is 12.1. The Kier molecular flexibility index (Phi) is 5.97. The minimum absolute atomic E-state index is 0.253. The van der Waals surface area contributed by atoms with Crippen molar-refractivity contribution in [1.82, 2.24) is 10.2 Å². The molecule has 116 valence electrons. The summed E-state index contributed by atoms with van der Waals surface area (Å²) in [7, 11) is 0. The highest BCUT2D eigenvalue weighted by molar-refractivity contribution is 8.01. The molecule has 0 unspecified atom stereocenters. The summed E-state index contributed by atoms with van der Waals surface area (Å²) in [6.07, 6.45) is 1.18. The van der Waals surface area contributed by atoms with Crippen molar-refractivity contribution in [1.29, 1.82) is 0 Å². The number of rotatable bonds is 7. The molecule has 2 rings (SSSR count). The number of nitrogens with one attached hydrogen (secondary N) is 1. The molecule has 1 N–H and O–H groups in total. The lowest BCUT2D eigenvalue weighted by Crippen LogP contribution is -2.30. The quantitative estimate of drug-likeness (QED) is 0.476. The van der Waals surface area contributed by atoms with Gasteiger partial charge in [-0.25, -0.2) is 0 Å². The molecule has 0 fully saturated rings. The number of anilines is 1. The van der Waals surface area contributed by atoms with Crippen LogP contribution in [0.4, 0.5) is 5.13 Å². The smallest absolute Gasteiger partial charge is 0.266 e. The largest absolute Gasteiger partial charge is 0.481 e. The molecule has 5 nitrogen and oxygen atoms in total. The van der Waals surface area contributed by atoms with Crippen molar-refractivity contribution >= 4 is 34.1 Å². The maximum atomic E-state index is 12.1. The first-order valence-electron chi connectivity index (χ1n) is 6.70. The highest BCUT2D eigenvalue weighted by Gasteiger charge is 2.17. The number of thioether (sulfide) groups is 1. The molecule has 0 saturated heterocycles. The van der Waals surface area contributed by atoms with Crippen molar-refractivity contribution in [3.8, 4) is 5.75 Å². The van der Waals surface area contributed by atoms with Gasteiger partial charge in [0.2, 0.25) is 5.13 Å². The van der Waals surface area contributed by atoms with Crippen molar-refractivity contribution < 1.29 is 9.53 Å². The van der Waals surface area contributed by atoms with Crippen LogP contribution in [-0.4, -0.2) is 28.0 Å². The lowest BCUT2D eigenvalue weighted by molar-refractivity contribution is -0.122. The Morgan fingerprint density at radius 2 is 2.18 bits per heavy atom. The number of hydrogen-bond donors (Lipinski definition) is 1. The lowest BCUT2D eigenvalue weighted by atomic mass is 10.2.